The summed E-state index contributed by atoms with van der Waals surface area (Å²) in [6.45, 7) is 6.99. The minimum absolute atomic E-state index is 0.601. The van der Waals surface area contributed by atoms with Crippen LogP contribution in [-0.4, -0.2) is 46.6 Å². The minimum Gasteiger partial charge on any atom is -0.357 e. The molecule has 1 aromatic heterocycles. The Hall–Kier alpha value is -1.24. The van der Waals surface area contributed by atoms with Gasteiger partial charge in [0.05, 0.1) is 0 Å². The number of nitrogens with zero attached hydrogens (tertiary/aromatic N) is 4. The highest BCUT2D eigenvalue weighted by Crippen LogP contribution is 2.33. The molecule has 1 aromatic rings. The van der Waals surface area contributed by atoms with Crippen molar-refractivity contribution in [2.45, 2.75) is 76.4 Å². The van der Waals surface area contributed by atoms with E-state index in [9.17, 15) is 0 Å². The molecule has 1 aliphatic rings. The molecule has 1 fully saturated rings. The molecule has 6 nitrogen and oxygen atoms in total. The molecule has 0 atom stereocenters. The third kappa shape index (κ3) is 6.20. The second kappa shape index (κ2) is 11.4. The second-order valence-electron chi connectivity index (χ2n) is 6.56. The van der Waals surface area contributed by atoms with Gasteiger partial charge in [-0.15, -0.1) is 10.2 Å². The Bertz CT molecular complexity index is 522. The molecular weight excluding hydrogens is 332 g/mol. The molecule has 0 amide bonds. The number of nitrogens with one attached hydrogen (secondary N) is 2. The standard InChI is InChI=1S/C18H34N6S/c1-4-6-13-20-17(19-5-2)21-14-9-12-16-22-23-18(25-3)24(16)15-10-7-8-11-15/h15H,4-14H2,1-3H3,(H2,19,20,21). The van der Waals surface area contributed by atoms with Crippen molar-refractivity contribution in [3.05, 3.63) is 5.82 Å². The van der Waals surface area contributed by atoms with E-state index in [1.54, 1.807) is 11.8 Å². The Morgan fingerprint density at radius 2 is 2.00 bits per heavy atom. The summed E-state index contributed by atoms with van der Waals surface area (Å²) in [5.74, 6) is 2.06. The Balaban J connectivity index is 1.87. The van der Waals surface area contributed by atoms with E-state index in [0.29, 0.717) is 6.04 Å². The van der Waals surface area contributed by atoms with E-state index in [-0.39, 0.29) is 0 Å². The SMILES string of the molecule is CCCCNC(=NCCCc1nnc(SC)n1C1CCCC1)NCC. The number of unbranched alkanes of at least 4 members (excludes halogenated alkanes) is 1. The topological polar surface area (TPSA) is 67.1 Å². The summed E-state index contributed by atoms with van der Waals surface area (Å²) >= 11 is 1.71. The predicted octanol–water partition coefficient (Wildman–Crippen LogP) is 3.40. The van der Waals surface area contributed by atoms with Crippen molar-refractivity contribution in [2.75, 3.05) is 25.9 Å². The lowest BCUT2D eigenvalue weighted by Gasteiger charge is -2.16. The van der Waals surface area contributed by atoms with Crippen LogP contribution in [0.3, 0.4) is 0 Å². The molecule has 0 saturated heterocycles. The first-order valence-electron chi connectivity index (χ1n) is 9.80. The van der Waals surface area contributed by atoms with Gasteiger partial charge in [0.15, 0.2) is 11.1 Å². The number of rotatable bonds is 10. The van der Waals surface area contributed by atoms with Crippen LogP contribution < -0.4 is 10.6 Å². The predicted molar refractivity (Wildman–Crippen MR) is 107 cm³/mol. The van der Waals surface area contributed by atoms with E-state index in [1.165, 1.54) is 38.5 Å². The van der Waals surface area contributed by atoms with E-state index in [4.69, 9.17) is 0 Å². The highest BCUT2D eigenvalue weighted by Gasteiger charge is 2.23. The van der Waals surface area contributed by atoms with Gasteiger partial charge in [-0.1, -0.05) is 37.9 Å². The summed E-state index contributed by atoms with van der Waals surface area (Å²) in [7, 11) is 0. The first kappa shape index (κ1) is 20.1. The fourth-order valence-electron chi connectivity index (χ4n) is 3.30. The van der Waals surface area contributed by atoms with Crippen LogP contribution in [0.2, 0.25) is 0 Å². The smallest absolute Gasteiger partial charge is 0.191 e. The zero-order chi connectivity index (χ0) is 17.9. The molecule has 0 bridgehead atoms. The Labute approximate surface area is 156 Å². The number of aryl methyl sites for hydroxylation is 1. The number of hydrogen-bond donors (Lipinski definition) is 2. The summed E-state index contributed by atoms with van der Waals surface area (Å²) in [5.41, 5.74) is 0. The maximum Gasteiger partial charge on any atom is 0.191 e. The summed E-state index contributed by atoms with van der Waals surface area (Å²) in [6.07, 6.45) is 11.6. The lowest BCUT2D eigenvalue weighted by molar-refractivity contribution is 0.461. The quantitative estimate of drug-likeness (QED) is 0.287. The van der Waals surface area contributed by atoms with Crippen molar-refractivity contribution in [2.24, 2.45) is 4.99 Å². The van der Waals surface area contributed by atoms with Gasteiger partial charge in [-0.2, -0.15) is 0 Å². The normalized spacial score (nSPS) is 15.7. The summed E-state index contributed by atoms with van der Waals surface area (Å²) < 4.78 is 2.39. The van der Waals surface area contributed by atoms with Crippen molar-refractivity contribution in [3.63, 3.8) is 0 Å². The highest BCUT2D eigenvalue weighted by molar-refractivity contribution is 7.98. The van der Waals surface area contributed by atoms with E-state index in [2.05, 4.69) is 50.5 Å². The fourth-order valence-corrected chi connectivity index (χ4v) is 3.87. The van der Waals surface area contributed by atoms with Crippen molar-refractivity contribution in [3.8, 4) is 0 Å². The van der Waals surface area contributed by atoms with Crippen molar-refractivity contribution in [1.82, 2.24) is 25.4 Å². The molecule has 0 aromatic carbocycles. The molecule has 1 saturated carbocycles. The monoisotopic (exact) mass is 366 g/mol. The van der Waals surface area contributed by atoms with Gasteiger partial charge in [0.25, 0.3) is 0 Å². The van der Waals surface area contributed by atoms with Crippen LogP contribution in [0.4, 0.5) is 0 Å². The van der Waals surface area contributed by atoms with Crippen LogP contribution in [0.25, 0.3) is 0 Å². The van der Waals surface area contributed by atoms with Crippen molar-refractivity contribution < 1.29 is 0 Å². The van der Waals surface area contributed by atoms with Gasteiger partial charge in [0, 0.05) is 32.1 Å². The van der Waals surface area contributed by atoms with E-state index in [0.717, 1.165) is 49.4 Å². The molecule has 2 rings (SSSR count). The van der Waals surface area contributed by atoms with Gasteiger partial charge in [0.1, 0.15) is 5.82 Å². The van der Waals surface area contributed by atoms with E-state index >= 15 is 0 Å². The number of thioether (sulfide) groups is 1. The first-order valence-corrected chi connectivity index (χ1v) is 11.0. The summed E-state index contributed by atoms with van der Waals surface area (Å²) in [6, 6.07) is 0.601. The van der Waals surface area contributed by atoms with Crippen LogP contribution in [0, 0.1) is 0 Å². The van der Waals surface area contributed by atoms with Crippen LogP contribution in [-0.2, 0) is 6.42 Å². The van der Waals surface area contributed by atoms with Crippen molar-refractivity contribution in [1.29, 1.82) is 0 Å². The van der Waals surface area contributed by atoms with Gasteiger partial charge in [0.2, 0.25) is 0 Å². The largest absolute Gasteiger partial charge is 0.357 e. The molecule has 0 unspecified atom stereocenters. The Morgan fingerprint density at radius 3 is 2.68 bits per heavy atom. The fraction of sp³-hybridized carbons (Fsp3) is 0.833. The molecule has 0 aliphatic heterocycles. The van der Waals surface area contributed by atoms with Gasteiger partial charge in [-0.05, 0) is 38.9 Å². The molecule has 1 heterocycles. The van der Waals surface area contributed by atoms with Gasteiger partial charge in [-0.25, -0.2) is 0 Å². The Kier molecular flexibility index (Phi) is 9.15. The maximum atomic E-state index is 4.69. The molecule has 0 radical (unpaired) electrons. The molecule has 142 valence electrons. The highest BCUT2D eigenvalue weighted by atomic mass is 32.2. The van der Waals surface area contributed by atoms with Gasteiger partial charge < -0.3 is 15.2 Å². The van der Waals surface area contributed by atoms with Gasteiger partial charge >= 0.3 is 0 Å². The number of guanidine groups is 1. The third-order valence-electron chi connectivity index (χ3n) is 4.60. The number of aromatic nitrogens is 3. The second-order valence-corrected chi connectivity index (χ2v) is 7.33. The van der Waals surface area contributed by atoms with Crippen LogP contribution >= 0.6 is 11.8 Å². The molecule has 25 heavy (non-hydrogen) atoms. The third-order valence-corrected chi connectivity index (χ3v) is 5.25. The molecule has 2 N–H and O–H groups in total. The maximum absolute atomic E-state index is 4.69. The molecular formula is C18H34N6S. The van der Waals surface area contributed by atoms with E-state index < -0.39 is 0 Å². The lowest BCUT2D eigenvalue weighted by atomic mass is 10.2. The van der Waals surface area contributed by atoms with Crippen LogP contribution in [0.15, 0.2) is 10.1 Å². The number of hydrogen-bond acceptors (Lipinski definition) is 4. The van der Waals surface area contributed by atoms with Crippen molar-refractivity contribution >= 4 is 17.7 Å². The van der Waals surface area contributed by atoms with Crippen LogP contribution in [0.1, 0.15) is 70.7 Å². The van der Waals surface area contributed by atoms with Crippen LogP contribution in [0.5, 0.6) is 0 Å². The average Bonchev–Trinajstić information content (AvgIpc) is 3.27. The average molecular weight is 367 g/mol. The summed E-state index contributed by atoms with van der Waals surface area (Å²) in [4.78, 5) is 4.69. The summed E-state index contributed by atoms with van der Waals surface area (Å²) in [5, 5.41) is 16.6. The molecule has 1 aliphatic carbocycles. The lowest BCUT2D eigenvalue weighted by Crippen LogP contribution is -2.37. The zero-order valence-electron chi connectivity index (χ0n) is 16.1. The zero-order valence-corrected chi connectivity index (χ0v) is 16.9. The first-order chi connectivity index (χ1) is 12.3. The molecule has 7 heteroatoms. The Morgan fingerprint density at radius 1 is 1.20 bits per heavy atom. The number of aliphatic imine (C=N–C) groups is 1. The van der Waals surface area contributed by atoms with E-state index in [1.807, 2.05) is 0 Å². The minimum atomic E-state index is 0.601. The van der Waals surface area contributed by atoms with Gasteiger partial charge in [-0.3, -0.25) is 4.99 Å². The molecule has 0 spiro atoms.